The van der Waals surface area contributed by atoms with Crippen molar-refractivity contribution in [2.24, 2.45) is 0 Å². The highest BCUT2D eigenvalue weighted by Gasteiger charge is 2.01. The fourth-order valence-corrected chi connectivity index (χ4v) is 1.72. The summed E-state index contributed by atoms with van der Waals surface area (Å²) in [5.74, 6) is 1.74. The standard InChI is InChI=1S/C15H26N2O2/c1-4-16-6-8-18-14-10-13(3)11-15(12-14)19-9-7-17-5-2/h10-12,16-17H,4-9H2,1-3H3. The zero-order chi connectivity index (χ0) is 13.9. The maximum Gasteiger partial charge on any atom is 0.123 e. The quantitative estimate of drug-likeness (QED) is 0.635. The Bertz CT molecular complexity index is 326. The van der Waals surface area contributed by atoms with Crippen molar-refractivity contribution in [2.45, 2.75) is 20.8 Å². The molecule has 108 valence electrons. The van der Waals surface area contributed by atoms with Crippen LogP contribution in [-0.4, -0.2) is 39.4 Å². The Morgan fingerprint density at radius 1 is 0.842 bits per heavy atom. The van der Waals surface area contributed by atoms with Gasteiger partial charge in [-0.3, -0.25) is 0 Å². The molecule has 0 radical (unpaired) electrons. The molecule has 19 heavy (non-hydrogen) atoms. The molecule has 0 aliphatic rings. The Kier molecular flexibility index (Phi) is 8.02. The maximum atomic E-state index is 5.70. The summed E-state index contributed by atoms with van der Waals surface area (Å²) in [6.07, 6.45) is 0. The van der Waals surface area contributed by atoms with Gasteiger partial charge in [0.25, 0.3) is 0 Å². The van der Waals surface area contributed by atoms with Crippen LogP contribution >= 0.6 is 0 Å². The molecule has 1 rings (SSSR count). The Labute approximate surface area is 116 Å². The minimum absolute atomic E-state index is 0.675. The van der Waals surface area contributed by atoms with E-state index in [4.69, 9.17) is 9.47 Å². The van der Waals surface area contributed by atoms with Crippen molar-refractivity contribution in [3.8, 4) is 11.5 Å². The number of nitrogens with one attached hydrogen (secondary N) is 2. The van der Waals surface area contributed by atoms with Crippen molar-refractivity contribution in [3.05, 3.63) is 23.8 Å². The van der Waals surface area contributed by atoms with Crippen molar-refractivity contribution in [1.82, 2.24) is 10.6 Å². The van der Waals surface area contributed by atoms with Gasteiger partial charge in [-0.05, 0) is 37.7 Å². The summed E-state index contributed by atoms with van der Waals surface area (Å²) >= 11 is 0. The number of rotatable bonds is 10. The van der Waals surface area contributed by atoms with E-state index in [0.29, 0.717) is 13.2 Å². The molecule has 0 atom stereocenters. The molecule has 0 saturated carbocycles. The van der Waals surface area contributed by atoms with E-state index in [9.17, 15) is 0 Å². The van der Waals surface area contributed by atoms with Gasteiger partial charge in [0.15, 0.2) is 0 Å². The number of ether oxygens (including phenoxy) is 2. The van der Waals surface area contributed by atoms with Gasteiger partial charge >= 0.3 is 0 Å². The second-order valence-corrected chi connectivity index (χ2v) is 4.39. The average molecular weight is 266 g/mol. The molecule has 0 heterocycles. The van der Waals surface area contributed by atoms with Crippen molar-refractivity contribution in [2.75, 3.05) is 39.4 Å². The SMILES string of the molecule is CCNCCOc1cc(C)cc(OCCNCC)c1. The zero-order valence-electron chi connectivity index (χ0n) is 12.3. The second-order valence-electron chi connectivity index (χ2n) is 4.39. The lowest BCUT2D eigenvalue weighted by atomic mass is 10.2. The first-order valence-electron chi connectivity index (χ1n) is 7.05. The Morgan fingerprint density at radius 3 is 1.74 bits per heavy atom. The summed E-state index contributed by atoms with van der Waals surface area (Å²) in [5, 5.41) is 6.46. The van der Waals surface area contributed by atoms with Crippen LogP contribution in [0.1, 0.15) is 19.4 Å². The van der Waals surface area contributed by atoms with E-state index in [0.717, 1.165) is 43.2 Å². The maximum absolute atomic E-state index is 5.70. The third kappa shape index (κ3) is 7.03. The van der Waals surface area contributed by atoms with Crippen LogP contribution in [0.15, 0.2) is 18.2 Å². The zero-order valence-corrected chi connectivity index (χ0v) is 12.3. The first-order chi connectivity index (χ1) is 9.26. The van der Waals surface area contributed by atoms with E-state index in [-0.39, 0.29) is 0 Å². The number of likely N-dealkylation sites (N-methyl/N-ethyl adjacent to an activating group) is 2. The molecule has 1 aromatic carbocycles. The van der Waals surface area contributed by atoms with Gasteiger partial charge < -0.3 is 20.1 Å². The van der Waals surface area contributed by atoms with E-state index in [1.54, 1.807) is 0 Å². The summed E-state index contributed by atoms with van der Waals surface area (Å²) < 4.78 is 11.4. The van der Waals surface area contributed by atoms with E-state index < -0.39 is 0 Å². The third-order valence-electron chi connectivity index (χ3n) is 2.62. The summed E-state index contributed by atoms with van der Waals surface area (Å²) in [6.45, 7) is 11.2. The second kappa shape index (κ2) is 9.64. The lowest BCUT2D eigenvalue weighted by molar-refractivity contribution is 0.300. The lowest BCUT2D eigenvalue weighted by Gasteiger charge is -2.11. The van der Waals surface area contributed by atoms with Crippen LogP contribution in [0.4, 0.5) is 0 Å². The Balaban J connectivity index is 2.41. The molecule has 0 spiro atoms. The molecule has 0 aliphatic heterocycles. The molecule has 0 bridgehead atoms. The fourth-order valence-electron chi connectivity index (χ4n) is 1.72. The highest BCUT2D eigenvalue weighted by molar-refractivity contribution is 5.37. The molecule has 0 aliphatic carbocycles. The van der Waals surface area contributed by atoms with Crippen LogP contribution in [0.25, 0.3) is 0 Å². The van der Waals surface area contributed by atoms with Crippen LogP contribution in [0.2, 0.25) is 0 Å². The van der Waals surface area contributed by atoms with Crippen molar-refractivity contribution in [3.63, 3.8) is 0 Å². The normalized spacial score (nSPS) is 10.5. The number of hydrogen-bond acceptors (Lipinski definition) is 4. The van der Waals surface area contributed by atoms with Gasteiger partial charge in [0.2, 0.25) is 0 Å². The van der Waals surface area contributed by atoms with Gasteiger partial charge in [0.05, 0.1) is 0 Å². The smallest absolute Gasteiger partial charge is 0.123 e. The molecular weight excluding hydrogens is 240 g/mol. The van der Waals surface area contributed by atoms with Crippen LogP contribution in [0, 0.1) is 6.92 Å². The highest BCUT2D eigenvalue weighted by atomic mass is 16.5. The molecule has 0 amide bonds. The topological polar surface area (TPSA) is 42.5 Å². The molecule has 0 fully saturated rings. The van der Waals surface area contributed by atoms with Gasteiger partial charge in [-0.2, -0.15) is 0 Å². The number of hydrogen-bond donors (Lipinski definition) is 2. The number of aryl methyl sites for hydroxylation is 1. The average Bonchev–Trinajstić information content (AvgIpc) is 2.39. The van der Waals surface area contributed by atoms with Gasteiger partial charge in [-0.15, -0.1) is 0 Å². The predicted octanol–water partition coefficient (Wildman–Crippen LogP) is 1.97. The van der Waals surface area contributed by atoms with E-state index in [1.165, 1.54) is 0 Å². The summed E-state index contributed by atoms with van der Waals surface area (Å²) in [7, 11) is 0. The summed E-state index contributed by atoms with van der Waals surface area (Å²) in [4.78, 5) is 0. The van der Waals surface area contributed by atoms with Crippen molar-refractivity contribution >= 4 is 0 Å². The van der Waals surface area contributed by atoms with E-state index in [1.807, 2.05) is 25.1 Å². The molecule has 4 nitrogen and oxygen atoms in total. The molecule has 4 heteroatoms. The van der Waals surface area contributed by atoms with Crippen molar-refractivity contribution < 1.29 is 9.47 Å². The van der Waals surface area contributed by atoms with Crippen LogP contribution < -0.4 is 20.1 Å². The molecular formula is C15H26N2O2. The highest BCUT2D eigenvalue weighted by Crippen LogP contribution is 2.22. The molecule has 0 saturated heterocycles. The minimum atomic E-state index is 0.675. The van der Waals surface area contributed by atoms with E-state index >= 15 is 0 Å². The van der Waals surface area contributed by atoms with Crippen molar-refractivity contribution in [1.29, 1.82) is 0 Å². The monoisotopic (exact) mass is 266 g/mol. The summed E-state index contributed by atoms with van der Waals surface area (Å²) in [6, 6.07) is 6.01. The van der Waals surface area contributed by atoms with Gasteiger partial charge in [-0.1, -0.05) is 13.8 Å². The fraction of sp³-hybridized carbons (Fsp3) is 0.600. The van der Waals surface area contributed by atoms with Gasteiger partial charge in [0, 0.05) is 19.2 Å². The van der Waals surface area contributed by atoms with Gasteiger partial charge in [-0.25, -0.2) is 0 Å². The Morgan fingerprint density at radius 2 is 1.32 bits per heavy atom. The molecule has 0 aromatic heterocycles. The number of benzene rings is 1. The Hall–Kier alpha value is -1.26. The lowest BCUT2D eigenvalue weighted by Crippen LogP contribution is -2.21. The first-order valence-corrected chi connectivity index (χ1v) is 7.05. The minimum Gasteiger partial charge on any atom is -0.492 e. The predicted molar refractivity (Wildman–Crippen MR) is 79.3 cm³/mol. The van der Waals surface area contributed by atoms with E-state index in [2.05, 4.69) is 24.5 Å². The molecule has 1 aromatic rings. The van der Waals surface area contributed by atoms with Gasteiger partial charge in [0.1, 0.15) is 24.7 Å². The molecule has 0 unspecified atom stereocenters. The largest absolute Gasteiger partial charge is 0.492 e. The first kappa shape index (κ1) is 15.8. The van der Waals surface area contributed by atoms with Crippen LogP contribution in [-0.2, 0) is 0 Å². The van der Waals surface area contributed by atoms with Crippen LogP contribution in [0.5, 0.6) is 11.5 Å². The third-order valence-corrected chi connectivity index (χ3v) is 2.62. The molecule has 2 N–H and O–H groups in total. The van der Waals surface area contributed by atoms with Crippen LogP contribution in [0.3, 0.4) is 0 Å². The summed E-state index contributed by atoms with van der Waals surface area (Å²) in [5.41, 5.74) is 1.15.